The van der Waals surface area contributed by atoms with Gasteiger partial charge in [-0.3, -0.25) is 0 Å². The van der Waals surface area contributed by atoms with Crippen molar-refractivity contribution < 1.29 is 5.11 Å². The van der Waals surface area contributed by atoms with E-state index in [1.54, 1.807) is 0 Å². The predicted octanol–water partition coefficient (Wildman–Crippen LogP) is 1.74. The number of hydrogen-bond acceptors (Lipinski definition) is 1. The van der Waals surface area contributed by atoms with Crippen molar-refractivity contribution >= 4 is 11.6 Å². The molecule has 0 spiro atoms. The van der Waals surface area contributed by atoms with Crippen molar-refractivity contribution in [1.82, 2.24) is 0 Å². The van der Waals surface area contributed by atoms with E-state index in [1.807, 2.05) is 6.92 Å². The van der Waals surface area contributed by atoms with Crippen molar-refractivity contribution in [3.05, 3.63) is 0 Å². The summed E-state index contributed by atoms with van der Waals surface area (Å²) in [5.41, 5.74) is 0. The van der Waals surface area contributed by atoms with Crippen LogP contribution in [0.1, 0.15) is 26.7 Å². The molecule has 0 aromatic rings. The summed E-state index contributed by atoms with van der Waals surface area (Å²) >= 11 is 5.35. The Morgan fingerprint density at radius 1 is 1.67 bits per heavy atom. The fourth-order valence-corrected chi connectivity index (χ4v) is 0.416. The van der Waals surface area contributed by atoms with E-state index < -0.39 is 5.06 Å². The average molecular weight is 147 g/mol. The van der Waals surface area contributed by atoms with E-state index in [0.717, 1.165) is 12.8 Å². The predicted molar refractivity (Wildman–Crippen MR) is 39.2 cm³/mol. The molecule has 1 nitrogen and oxygen atoms in total. The molecular weight excluding hydrogens is 136 g/mol. The molecule has 0 saturated carbocycles. The Hall–Kier alpha value is -0.190. The van der Waals surface area contributed by atoms with E-state index >= 15 is 0 Å². The number of unbranched alkanes of at least 4 members (excludes halogenated alkanes) is 1. The SMILES string of the molecule is CCCC#CC(C)(O)Cl. The van der Waals surface area contributed by atoms with E-state index in [-0.39, 0.29) is 0 Å². The van der Waals surface area contributed by atoms with E-state index in [4.69, 9.17) is 16.7 Å². The molecule has 0 aliphatic heterocycles. The maximum atomic E-state index is 8.84. The van der Waals surface area contributed by atoms with Crippen LogP contribution in [0.4, 0.5) is 0 Å². The van der Waals surface area contributed by atoms with Gasteiger partial charge in [0.1, 0.15) is 0 Å². The lowest BCUT2D eigenvalue weighted by atomic mass is 10.3. The van der Waals surface area contributed by atoms with Gasteiger partial charge in [0.25, 0.3) is 0 Å². The Bertz CT molecular complexity index is 124. The Kier molecular flexibility index (Phi) is 3.68. The van der Waals surface area contributed by atoms with Gasteiger partial charge < -0.3 is 5.11 Å². The third kappa shape index (κ3) is 7.81. The highest BCUT2D eigenvalue weighted by Gasteiger charge is 2.08. The lowest BCUT2D eigenvalue weighted by Crippen LogP contribution is -2.10. The molecule has 0 saturated heterocycles. The van der Waals surface area contributed by atoms with Gasteiger partial charge in [0, 0.05) is 6.42 Å². The lowest BCUT2D eigenvalue weighted by Gasteiger charge is -2.01. The van der Waals surface area contributed by atoms with Gasteiger partial charge in [-0.15, -0.1) is 0 Å². The number of alkyl halides is 1. The van der Waals surface area contributed by atoms with Crippen molar-refractivity contribution in [2.75, 3.05) is 0 Å². The minimum atomic E-state index is -1.34. The molecule has 52 valence electrons. The second kappa shape index (κ2) is 3.76. The highest BCUT2D eigenvalue weighted by molar-refractivity contribution is 6.24. The van der Waals surface area contributed by atoms with Crippen LogP contribution in [0.25, 0.3) is 0 Å². The summed E-state index contributed by atoms with van der Waals surface area (Å²) in [4.78, 5) is 0. The molecule has 0 radical (unpaired) electrons. The third-order valence-electron chi connectivity index (χ3n) is 0.692. The van der Waals surface area contributed by atoms with Crippen LogP contribution in [0, 0.1) is 11.8 Å². The fourth-order valence-electron chi connectivity index (χ4n) is 0.349. The first-order chi connectivity index (χ1) is 4.06. The lowest BCUT2D eigenvalue weighted by molar-refractivity contribution is 0.210. The Labute approximate surface area is 61.0 Å². The van der Waals surface area contributed by atoms with Gasteiger partial charge in [-0.25, -0.2) is 0 Å². The minimum Gasteiger partial charge on any atom is -0.365 e. The molecule has 0 rings (SSSR count). The molecule has 0 aliphatic rings. The molecule has 1 N–H and O–H groups in total. The summed E-state index contributed by atoms with van der Waals surface area (Å²) in [6, 6.07) is 0. The van der Waals surface area contributed by atoms with Crippen molar-refractivity contribution in [2.45, 2.75) is 31.7 Å². The first kappa shape index (κ1) is 8.81. The minimum absolute atomic E-state index is 0.795. The highest BCUT2D eigenvalue weighted by atomic mass is 35.5. The summed E-state index contributed by atoms with van der Waals surface area (Å²) in [5.74, 6) is 5.24. The smallest absolute Gasteiger partial charge is 0.198 e. The van der Waals surface area contributed by atoms with Crippen LogP contribution < -0.4 is 0 Å². The summed E-state index contributed by atoms with van der Waals surface area (Å²) < 4.78 is 0. The van der Waals surface area contributed by atoms with Crippen LogP contribution in [-0.2, 0) is 0 Å². The first-order valence-corrected chi connectivity index (χ1v) is 3.35. The van der Waals surface area contributed by atoms with Gasteiger partial charge in [0.15, 0.2) is 5.06 Å². The summed E-state index contributed by atoms with van der Waals surface area (Å²) in [6.45, 7) is 3.48. The molecule has 0 heterocycles. The van der Waals surface area contributed by atoms with Gasteiger partial charge in [0.05, 0.1) is 0 Å². The maximum absolute atomic E-state index is 8.84. The zero-order valence-corrected chi connectivity index (χ0v) is 6.50. The normalized spacial score (nSPS) is 15.6. The summed E-state index contributed by atoms with van der Waals surface area (Å²) in [5, 5.41) is 7.50. The molecule has 2 heteroatoms. The molecule has 0 amide bonds. The summed E-state index contributed by atoms with van der Waals surface area (Å²) in [7, 11) is 0. The zero-order valence-electron chi connectivity index (χ0n) is 5.74. The largest absolute Gasteiger partial charge is 0.365 e. The molecular formula is C7H11ClO. The average Bonchev–Trinajstić information content (AvgIpc) is 1.63. The molecule has 0 aromatic carbocycles. The number of hydrogen-bond donors (Lipinski definition) is 1. The van der Waals surface area contributed by atoms with Crippen LogP contribution in [0.3, 0.4) is 0 Å². The number of halogens is 1. The fraction of sp³-hybridized carbons (Fsp3) is 0.714. The number of rotatable bonds is 1. The van der Waals surface area contributed by atoms with Gasteiger partial charge in [-0.05, 0) is 13.3 Å². The van der Waals surface area contributed by atoms with Crippen LogP contribution >= 0.6 is 11.6 Å². The molecule has 0 fully saturated rings. The molecule has 0 bridgehead atoms. The summed E-state index contributed by atoms with van der Waals surface area (Å²) in [6.07, 6.45) is 1.79. The molecule has 1 unspecified atom stereocenters. The van der Waals surface area contributed by atoms with Gasteiger partial charge in [0.2, 0.25) is 0 Å². The zero-order chi connectivity index (χ0) is 7.33. The molecule has 9 heavy (non-hydrogen) atoms. The Morgan fingerprint density at radius 2 is 2.22 bits per heavy atom. The second-order valence-corrected chi connectivity index (χ2v) is 2.74. The van der Waals surface area contributed by atoms with Crippen LogP contribution in [0.2, 0.25) is 0 Å². The highest BCUT2D eigenvalue weighted by Crippen LogP contribution is 2.05. The van der Waals surface area contributed by atoms with Crippen LogP contribution in [0.5, 0.6) is 0 Å². The standard InChI is InChI=1S/C7H11ClO/c1-3-4-5-6-7(2,8)9/h9H,3-4H2,1-2H3. The van der Waals surface area contributed by atoms with Crippen LogP contribution in [0.15, 0.2) is 0 Å². The number of aliphatic hydroxyl groups is 1. The molecule has 1 atom stereocenters. The monoisotopic (exact) mass is 146 g/mol. The van der Waals surface area contributed by atoms with Crippen LogP contribution in [-0.4, -0.2) is 10.2 Å². The van der Waals surface area contributed by atoms with Crippen molar-refractivity contribution in [3.8, 4) is 11.8 Å². The van der Waals surface area contributed by atoms with Crippen molar-refractivity contribution in [2.24, 2.45) is 0 Å². The molecule has 0 aromatic heterocycles. The van der Waals surface area contributed by atoms with Crippen molar-refractivity contribution in [3.63, 3.8) is 0 Å². The molecule has 0 aliphatic carbocycles. The van der Waals surface area contributed by atoms with Crippen molar-refractivity contribution in [1.29, 1.82) is 0 Å². The van der Waals surface area contributed by atoms with E-state index in [9.17, 15) is 0 Å². The topological polar surface area (TPSA) is 20.2 Å². The quantitative estimate of drug-likeness (QED) is 0.441. The third-order valence-corrected chi connectivity index (χ3v) is 0.786. The van der Waals surface area contributed by atoms with Gasteiger partial charge >= 0.3 is 0 Å². The first-order valence-electron chi connectivity index (χ1n) is 2.97. The second-order valence-electron chi connectivity index (χ2n) is 2.01. The van der Waals surface area contributed by atoms with E-state index in [0.29, 0.717) is 0 Å². The maximum Gasteiger partial charge on any atom is 0.198 e. The van der Waals surface area contributed by atoms with Gasteiger partial charge in [-0.1, -0.05) is 30.4 Å². The van der Waals surface area contributed by atoms with Gasteiger partial charge in [-0.2, -0.15) is 0 Å². The Morgan fingerprint density at radius 3 is 2.56 bits per heavy atom. The Balaban J connectivity index is 3.59. The van der Waals surface area contributed by atoms with E-state index in [1.165, 1.54) is 6.92 Å². The van der Waals surface area contributed by atoms with E-state index in [2.05, 4.69) is 11.8 Å².